The number of hydrogen-bond donors (Lipinski definition) is 0. The second kappa shape index (κ2) is 2.59. The Hall–Kier alpha value is -1.31. The van der Waals surface area contributed by atoms with Crippen molar-refractivity contribution in [2.24, 2.45) is 0 Å². The molecule has 0 aromatic heterocycles. The highest BCUT2D eigenvalue weighted by atomic mass is 16.2. The maximum absolute atomic E-state index is 11.7. The van der Waals surface area contributed by atoms with E-state index >= 15 is 0 Å². The van der Waals surface area contributed by atoms with Crippen molar-refractivity contribution in [2.75, 3.05) is 11.4 Å². The first-order valence-corrected chi connectivity index (χ1v) is 5.19. The number of nitrogens with zero attached hydrogens (tertiary/aromatic N) is 1. The van der Waals surface area contributed by atoms with Gasteiger partial charge in [-0.1, -0.05) is 25.1 Å². The number of amides is 1. The average Bonchev–Trinajstić information content (AvgIpc) is 2.50. The first kappa shape index (κ1) is 8.04. The highest BCUT2D eigenvalue weighted by Gasteiger charge is 2.33. The number of benzene rings is 1. The van der Waals surface area contributed by atoms with Crippen LogP contribution in [0.5, 0.6) is 0 Å². The Morgan fingerprint density at radius 2 is 2.29 bits per heavy atom. The fraction of sp³-hybridized carbons (Fsp3) is 0.417. The number of para-hydroxylation sites is 1. The fourth-order valence-electron chi connectivity index (χ4n) is 2.58. The average molecular weight is 187 g/mol. The highest BCUT2D eigenvalue weighted by Crippen LogP contribution is 2.41. The van der Waals surface area contributed by atoms with Gasteiger partial charge in [0.1, 0.15) is 0 Å². The van der Waals surface area contributed by atoms with Crippen molar-refractivity contribution in [3.63, 3.8) is 0 Å². The first-order chi connectivity index (χ1) is 6.77. The number of hydrogen-bond acceptors (Lipinski definition) is 1. The van der Waals surface area contributed by atoms with Crippen LogP contribution in [0.25, 0.3) is 0 Å². The van der Waals surface area contributed by atoms with Gasteiger partial charge in [-0.05, 0) is 23.5 Å². The van der Waals surface area contributed by atoms with Crippen LogP contribution in [0.2, 0.25) is 0 Å². The van der Waals surface area contributed by atoms with Crippen molar-refractivity contribution in [3.05, 3.63) is 29.3 Å². The van der Waals surface area contributed by atoms with E-state index in [2.05, 4.69) is 25.1 Å². The monoisotopic (exact) mass is 187 g/mol. The molecule has 0 N–H and O–H groups in total. The summed E-state index contributed by atoms with van der Waals surface area (Å²) in [4.78, 5) is 13.6. The van der Waals surface area contributed by atoms with Crippen LogP contribution in [0.15, 0.2) is 18.2 Å². The van der Waals surface area contributed by atoms with Crippen molar-refractivity contribution in [1.82, 2.24) is 0 Å². The van der Waals surface area contributed by atoms with Crippen LogP contribution in [0.4, 0.5) is 5.69 Å². The third-order valence-electron chi connectivity index (χ3n) is 3.38. The summed E-state index contributed by atoms with van der Waals surface area (Å²) < 4.78 is 0. The number of carbonyl (C=O) groups is 1. The van der Waals surface area contributed by atoms with Crippen molar-refractivity contribution in [2.45, 2.75) is 25.7 Å². The van der Waals surface area contributed by atoms with Gasteiger partial charge >= 0.3 is 0 Å². The molecule has 0 fully saturated rings. The largest absolute Gasteiger partial charge is 0.312 e. The van der Waals surface area contributed by atoms with Crippen LogP contribution in [-0.2, 0) is 11.2 Å². The molecule has 0 spiro atoms. The topological polar surface area (TPSA) is 20.3 Å². The smallest absolute Gasteiger partial charge is 0.231 e. The molecule has 2 heterocycles. The molecule has 2 aliphatic rings. The zero-order valence-electron chi connectivity index (χ0n) is 8.29. The van der Waals surface area contributed by atoms with Crippen LogP contribution in [0.3, 0.4) is 0 Å². The van der Waals surface area contributed by atoms with Crippen LogP contribution in [0.1, 0.15) is 30.4 Å². The van der Waals surface area contributed by atoms with Gasteiger partial charge in [-0.2, -0.15) is 0 Å². The lowest BCUT2D eigenvalue weighted by atomic mass is 9.91. The zero-order valence-corrected chi connectivity index (χ0v) is 8.29. The first-order valence-electron chi connectivity index (χ1n) is 5.19. The second-order valence-corrected chi connectivity index (χ2v) is 4.27. The van der Waals surface area contributed by atoms with Gasteiger partial charge < -0.3 is 4.90 Å². The standard InChI is InChI=1S/C12H13NO/c1-8-5-6-13-11(14)7-9-3-2-4-10(8)12(9)13/h2-4,8H,5-7H2,1H3/t8-/m1/s1. The number of carbonyl (C=O) groups excluding carboxylic acids is 1. The van der Waals surface area contributed by atoms with E-state index in [1.807, 2.05) is 4.90 Å². The SMILES string of the molecule is C[C@@H]1CCN2C(=O)Cc3cccc1c32. The summed E-state index contributed by atoms with van der Waals surface area (Å²) in [5.41, 5.74) is 3.80. The van der Waals surface area contributed by atoms with Gasteiger partial charge in [-0.15, -0.1) is 0 Å². The van der Waals surface area contributed by atoms with Gasteiger partial charge in [0, 0.05) is 6.54 Å². The van der Waals surface area contributed by atoms with Crippen molar-refractivity contribution in [3.8, 4) is 0 Å². The molecule has 1 atom stereocenters. The molecule has 2 aliphatic heterocycles. The van der Waals surface area contributed by atoms with Gasteiger partial charge in [0.15, 0.2) is 0 Å². The molecular weight excluding hydrogens is 174 g/mol. The summed E-state index contributed by atoms with van der Waals surface area (Å²) in [7, 11) is 0. The normalized spacial score (nSPS) is 23.9. The number of anilines is 1. The van der Waals surface area contributed by atoms with E-state index in [1.54, 1.807) is 0 Å². The van der Waals surface area contributed by atoms with E-state index in [0.29, 0.717) is 12.3 Å². The van der Waals surface area contributed by atoms with Gasteiger partial charge in [0.2, 0.25) is 5.91 Å². The predicted octanol–water partition coefficient (Wildman–Crippen LogP) is 2.08. The maximum Gasteiger partial charge on any atom is 0.231 e. The molecule has 0 radical (unpaired) electrons. The van der Waals surface area contributed by atoms with Crippen LogP contribution < -0.4 is 4.90 Å². The molecular formula is C12H13NO. The maximum atomic E-state index is 11.7. The Morgan fingerprint density at radius 3 is 3.14 bits per heavy atom. The molecule has 1 amide bonds. The molecule has 0 bridgehead atoms. The minimum atomic E-state index is 0.277. The van der Waals surface area contributed by atoms with Crippen LogP contribution in [-0.4, -0.2) is 12.5 Å². The molecule has 0 saturated heterocycles. The van der Waals surface area contributed by atoms with E-state index in [4.69, 9.17) is 0 Å². The molecule has 2 nitrogen and oxygen atoms in total. The summed E-state index contributed by atoms with van der Waals surface area (Å²) in [6.07, 6.45) is 1.71. The Kier molecular flexibility index (Phi) is 1.49. The predicted molar refractivity (Wildman–Crippen MR) is 55.5 cm³/mol. The van der Waals surface area contributed by atoms with Crippen molar-refractivity contribution >= 4 is 11.6 Å². The second-order valence-electron chi connectivity index (χ2n) is 4.27. The lowest BCUT2D eigenvalue weighted by Crippen LogP contribution is -2.32. The van der Waals surface area contributed by atoms with E-state index in [9.17, 15) is 4.79 Å². The van der Waals surface area contributed by atoms with E-state index < -0.39 is 0 Å². The Bertz CT molecular complexity index is 411. The minimum Gasteiger partial charge on any atom is -0.312 e. The Balaban J connectivity index is 2.25. The third kappa shape index (κ3) is 0.884. The summed E-state index contributed by atoms with van der Waals surface area (Å²) in [5, 5.41) is 0. The van der Waals surface area contributed by atoms with E-state index in [0.717, 1.165) is 13.0 Å². The van der Waals surface area contributed by atoms with Gasteiger partial charge in [-0.25, -0.2) is 0 Å². The fourth-order valence-corrected chi connectivity index (χ4v) is 2.58. The van der Waals surface area contributed by atoms with E-state index in [-0.39, 0.29) is 5.91 Å². The molecule has 1 aromatic rings. The Labute approximate surface area is 83.5 Å². The quantitative estimate of drug-likeness (QED) is 0.609. The molecule has 1 aromatic carbocycles. The molecule has 2 heteroatoms. The summed E-state index contributed by atoms with van der Waals surface area (Å²) in [6.45, 7) is 3.15. The summed E-state index contributed by atoms with van der Waals surface area (Å²) in [5.74, 6) is 0.881. The molecule has 72 valence electrons. The number of rotatable bonds is 0. The lowest BCUT2D eigenvalue weighted by Gasteiger charge is -2.29. The van der Waals surface area contributed by atoms with Crippen LogP contribution >= 0.6 is 0 Å². The Morgan fingerprint density at radius 1 is 1.43 bits per heavy atom. The molecule has 0 aliphatic carbocycles. The minimum absolute atomic E-state index is 0.277. The highest BCUT2D eigenvalue weighted by molar-refractivity contribution is 6.02. The summed E-state index contributed by atoms with van der Waals surface area (Å²) in [6, 6.07) is 6.32. The van der Waals surface area contributed by atoms with Crippen LogP contribution in [0, 0.1) is 0 Å². The van der Waals surface area contributed by atoms with Crippen molar-refractivity contribution < 1.29 is 4.79 Å². The lowest BCUT2D eigenvalue weighted by molar-refractivity contribution is -0.117. The molecule has 14 heavy (non-hydrogen) atoms. The van der Waals surface area contributed by atoms with Gasteiger partial charge in [0.05, 0.1) is 12.1 Å². The summed E-state index contributed by atoms with van der Waals surface area (Å²) >= 11 is 0. The zero-order chi connectivity index (χ0) is 9.71. The van der Waals surface area contributed by atoms with E-state index in [1.165, 1.54) is 16.8 Å². The molecule has 0 unspecified atom stereocenters. The molecule has 0 saturated carbocycles. The van der Waals surface area contributed by atoms with Gasteiger partial charge in [-0.3, -0.25) is 4.79 Å². The van der Waals surface area contributed by atoms with Crippen molar-refractivity contribution in [1.29, 1.82) is 0 Å². The third-order valence-corrected chi connectivity index (χ3v) is 3.38. The van der Waals surface area contributed by atoms with Gasteiger partial charge in [0.25, 0.3) is 0 Å². The molecule has 3 rings (SSSR count).